The number of ether oxygens (including phenoxy) is 4. The van der Waals surface area contributed by atoms with E-state index in [2.05, 4.69) is 206 Å². The lowest BCUT2D eigenvalue weighted by molar-refractivity contribution is 0.358. The molecule has 0 N–H and O–H groups in total. The Balaban J connectivity index is 1.04. The molecule has 72 heavy (non-hydrogen) atoms. The van der Waals surface area contributed by atoms with E-state index in [4.69, 9.17) is 18.9 Å². The molecule has 342 valence electrons. The zero-order valence-corrected chi connectivity index (χ0v) is 39.5. The Labute approximate surface area is 417 Å². The van der Waals surface area contributed by atoms with Crippen molar-refractivity contribution in [1.29, 1.82) is 0 Å². The maximum Gasteiger partial charge on any atom is 0.194 e. The first-order valence-corrected chi connectivity index (χ1v) is 24.6. The predicted octanol–water partition coefficient (Wildman–Crippen LogP) is 17.9. The van der Waals surface area contributed by atoms with Gasteiger partial charge in [-0.05, 0) is 141 Å². The van der Waals surface area contributed by atoms with Crippen molar-refractivity contribution in [2.45, 2.75) is 24.7 Å². The summed E-state index contributed by atoms with van der Waals surface area (Å²) < 4.78 is 28.0. The number of para-hydroxylation sites is 7. The molecule has 10 aromatic rings. The average Bonchev–Trinajstić information content (AvgIpc) is 3.65. The van der Waals surface area contributed by atoms with Gasteiger partial charge in [-0.2, -0.15) is 0 Å². The van der Waals surface area contributed by atoms with Crippen LogP contribution in [0.3, 0.4) is 0 Å². The molecule has 0 amide bonds. The molecule has 0 atom stereocenters. The van der Waals surface area contributed by atoms with Crippen LogP contribution < -0.4 is 28.7 Å². The van der Waals surface area contributed by atoms with Gasteiger partial charge in [-0.3, -0.25) is 0 Å². The highest BCUT2D eigenvalue weighted by molar-refractivity contribution is 5.98. The van der Waals surface area contributed by atoms with Gasteiger partial charge in [-0.1, -0.05) is 153 Å². The highest BCUT2D eigenvalue weighted by Crippen LogP contribution is 2.66. The van der Waals surface area contributed by atoms with E-state index in [-0.39, 0.29) is 0 Å². The monoisotopic (exact) mass is 928 g/mol. The smallest absolute Gasteiger partial charge is 0.194 e. The Kier molecular flexibility index (Phi) is 8.53. The van der Waals surface area contributed by atoms with Crippen LogP contribution in [0.4, 0.5) is 34.1 Å². The summed E-state index contributed by atoms with van der Waals surface area (Å²) in [6.07, 6.45) is 4.42. The minimum atomic E-state index is -0.867. The second-order valence-corrected chi connectivity index (χ2v) is 19.6. The van der Waals surface area contributed by atoms with Gasteiger partial charge in [0.05, 0.1) is 22.5 Å². The molecule has 6 nitrogen and oxygen atoms in total. The summed E-state index contributed by atoms with van der Waals surface area (Å²) in [7, 11) is 0. The summed E-state index contributed by atoms with van der Waals surface area (Å²) in [5.74, 6) is 5.29. The molecule has 3 aliphatic heterocycles. The van der Waals surface area contributed by atoms with Crippen molar-refractivity contribution in [3.05, 3.63) is 263 Å². The SMILES string of the molecule is CC1(C)c2ccccc2N(c2cc3c(c4c2Oc2ccccc2O4)C=Cc2cc4c(cc2C32c3ccccc3-c3ccccc32)Oc2ccccc2O4)c2ccc(N(c3ccccc3)c3ccccc3)cc21. The van der Waals surface area contributed by atoms with Gasteiger partial charge in [0.15, 0.2) is 46.0 Å². The lowest BCUT2D eigenvalue weighted by atomic mass is 9.65. The second kappa shape index (κ2) is 15.1. The fourth-order valence-electron chi connectivity index (χ4n) is 12.2. The van der Waals surface area contributed by atoms with E-state index in [1.807, 2.05) is 48.5 Å². The van der Waals surface area contributed by atoms with Crippen molar-refractivity contribution in [3.8, 4) is 57.1 Å². The van der Waals surface area contributed by atoms with Gasteiger partial charge in [-0.15, -0.1) is 0 Å². The Morgan fingerprint density at radius 2 is 0.861 bits per heavy atom. The van der Waals surface area contributed by atoms with E-state index in [1.54, 1.807) is 0 Å². The minimum absolute atomic E-state index is 0.404. The molecule has 10 aromatic carbocycles. The van der Waals surface area contributed by atoms with E-state index in [9.17, 15) is 0 Å². The van der Waals surface area contributed by atoms with Crippen molar-refractivity contribution in [2.24, 2.45) is 0 Å². The van der Waals surface area contributed by atoms with Crippen LogP contribution in [0.5, 0.6) is 46.0 Å². The third kappa shape index (κ3) is 5.66. The van der Waals surface area contributed by atoms with Crippen LogP contribution in [-0.4, -0.2) is 0 Å². The van der Waals surface area contributed by atoms with Crippen molar-refractivity contribution in [1.82, 2.24) is 0 Å². The Hall–Kier alpha value is -9.26. The zero-order chi connectivity index (χ0) is 47.7. The summed E-state index contributed by atoms with van der Waals surface area (Å²) in [5, 5.41) is 0. The highest BCUT2D eigenvalue weighted by Gasteiger charge is 2.51. The maximum atomic E-state index is 7.29. The summed E-state index contributed by atoms with van der Waals surface area (Å²) in [5.41, 5.74) is 16.1. The molecule has 0 radical (unpaired) electrons. The first-order valence-electron chi connectivity index (χ1n) is 24.6. The largest absolute Gasteiger partial charge is 0.450 e. The van der Waals surface area contributed by atoms with Crippen molar-refractivity contribution < 1.29 is 18.9 Å². The van der Waals surface area contributed by atoms with Crippen molar-refractivity contribution >= 4 is 46.3 Å². The van der Waals surface area contributed by atoms with Crippen LogP contribution in [0.25, 0.3) is 23.3 Å². The molecule has 5 aliphatic rings. The standard InChI is InChI=1S/C66H44N2O4/c1-65(2)50-27-13-14-28-54(50)68(55-36-34-44(38-53(55)65)67(42-19-5-3-6-20-42)43-21-7-4-8-22-43)56-39-52-47(63-64(56)72-60-32-18-17-31-59(60)71-63)35-33-41-37-61-62(70-58-30-16-15-29-57(58)69-61)40-51(41)66(52)48-25-11-9-23-45(48)46-24-10-12-26-49(46)66/h3-40H,1-2H3. The van der Waals surface area contributed by atoms with E-state index >= 15 is 0 Å². The zero-order valence-electron chi connectivity index (χ0n) is 39.5. The van der Waals surface area contributed by atoms with Crippen LogP contribution >= 0.6 is 0 Å². The first-order chi connectivity index (χ1) is 35.4. The fourth-order valence-corrected chi connectivity index (χ4v) is 12.2. The topological polar surface area (TPSA) is 43.4 Å². The summed E-state index contributed by atoms with van der Waals surface area (Å²) >= 11 is 0. The molecule has 6 heteroatoms. The molecule has 0 fully saturated rings. The summed E-state index contributed by atoms with van der Waals surface area (Å²) in [6, 6.07) is 77.3. The van der Waals surface area contributed by atoms with Gasteiger partial charge in [0.2, 0.25) is 0 Å². The minimum Gasteiger partial charge on any atom is -0.450 e. The quantitative estimate of drug-likeness (QED) is 0.175. The molecule has 2 aliphatic carbocycles. The van der Waals surface area contributed by atoms with Gasteiger partial charge in [0.1, 0.15) is 0 Å². The molecule has 1 spiro atoms. The van der Waals surface area contributed by atoms with Crippen LogP contribution in [-0.2, 0) is 10.8 Å². The number of hydrogen-bond donors (Lipinski definition) is 0. The average molecular weight is 929 g/mol. The number of rotatable bonds is 4. The molecule has 0 bridgehead atoms. The molecule has 0 saturated heterocycles. The molecule has 0 aromatic heterocycles. The number of fused-ring (bicyclic) bond motifs is 16. The normalized spacial score (nSPS) is 14.8. The lowest BCUT2D eigenvalue weighted by Crippen LogP contribution is -2.33. The van der Waals surface area contributed by atoms with Gasteiger partial charge in [0, 0.05) is 28.0 Å². The molecular weight excluding hydrogens is 885 g/mol. The molecular formula is C66H44N2O4. The maximum absolute atomic E-state index is 7.29. The third-order valence-electron chi connectivity index (χ3n) is 15.4. The van der Waals surface area contributed by atoms with E-state index in [1.165, 1.54) is 33.4 Å². The fraction of sp³-hybridized carbons (Fsp3) is 0.0606. The molecule has 15 rings (SSSR count). The number of benzene rings is 10. The van der Waals surface area contributed by atoms with Crippen molar-refractivity contribution in [2.75, 3.05) is 9.80 Å². The number of hydrogen-bond acceptors (Lipinski definition) is 6. The Bertz CT molecular complexity index is 3850. The summed E-state index contributed by atoms with van der Waals surface area (Å²) in [4.78, 5) is 4.76. The molecule has 0 saturated carbocycles. The van der Waals surface area contributed by atoms with Crippen LogP contribution in [0, 0.1) is 0 Å². The van der Waals surface area contributed by atoms with Gasteiger partial charge >= 0.3 is 0 Å². The molecule has 0 unspecified atom stereocenters. The summed E-state index contributed by atoms with van der Waals surface area (Å²) in [6.45, 7) is 4.69. The second-order valence-electron chi connectivity index (χ2n) is 19.6. The lowest BCUT2D eigenvalue weighted by Gasteiger charge is -2.44. The van der Waals surface area contributed by atoms with Gasteiger partial charge in [0.25, 0.3) is 0 Å². The molecule has 3 heterocycles. The van der Waals surface area contributed by atoms with E-state index < -0.39 is 10.8 Å². The van der Waals surface area contributed by atoms with E-state index in [0.717, 1.165) is 56.4 Å². The van der Waals surface area contributed by atoms with Crippen LogP contribution in [0.2, 0.25) is 0 Å². The number of nitrogens with zero attached hydrogens (tertiary/aromatic N) is 2. The van der Waals surface area contributed by atoms with E-state index in [0.29, 0.717) is 46.0 Å². The van der Waals surface area contributed by atoms with Crippen LogP contribution in [0.15, 0.2) is 218 Å². The first kappa shape index (κ1) is 40.6. The Morgan fingerprint density at radius 3 is 1.50 bits per heavy atom. The van der Waals surface area contributed by atoms with Crippen LogP contribution in [0.1, 0.15) is 58.4 Å². The third-order valence-corrected chi connectivity index (χ3v) is 15.4. The number of anilines is 6. The van der Waals surface area contributed by atoms with Gasteiger partial charge in [-0.25, -0.2) is 0 Å². The predicted molar refractivity (Wildman–Crippen MR) is 287 cm³/mol. The Morgan fingerprint density at radius 1 is 0.347 bits per heavy atom. The highest BCUT2D eigenvalue weighted by atomic mass is 16.6. The van der Waals surface area contributed by atoms with Crippen molar-refractivity contribution in [3.63, 3.8) is 0 Å². The van der Waals surface area contributed by atoms with Gasteiger partial charge < -0.3 is 28.7 Å².